The summed E-state index contributed by atoms with van der Waals surface area (Å²) in [6.07, 6.45) is 1.39. The molecule has 1 aliphatic heterocycles. The van der Waals surface area contributed by atoms with E-state index in [9.17, 15) is 4.79 Å². The van der Waals surface area contributed by atoms with Crippen LogP contribution in [-0.2, 0) is 11.3 Å². The first-order valence-electron chi connectivity index (χ1n) is 10.9. The van der Waals surface area contributed by atoms with E-state index in [0.29, 0.717) is 13.0 Å². The molecule has 31 heavy (non-hydrogen) atoms. The lowest BCUT2D eigenvalue weighted by atomic mass is 10.2. The monoisotopic (exact) mass is 423 g/mol. The van der Waals surface area contributed by atoms with Gasteiger partial charge >= 0.3 is 0 Å². The molecule has 0 aromatic heterocycles. The maximum absolute atomic E-state index is 11.7. The van der Waals surface area contributed by atoms with Gasteiger partial charge in [-0.2, -0.15) is 0 Å². The van der Waals surface area contributed by atoms with Crippen LogP contribution in [0.25, 0.3) is 0 Å². The predicted octanol–water partition coefficient (Wildman–Crippen LogP) is 3.33. The number of ether oxygens (including phenoxy) is 1. The second kappa shape index (κ2) is 11.2. The molecule has 0 radical (unpaired) electrons. The molecular weight excluding hydrogens is 390 g/mol. The number of aliphatic imine (C=N–C) groups is 1. The molecular formula is C24H33N5O2. The molecule has 0 aliphatic carbocycles. The fourth-order valence-corrected chi connectivity index (χ4v) is 3.65. The molecule has 1 aliphatic rings. The number of benzene rings is 2. The molecule has 2 aromatic carbocycles. The number of hydrogen-bond donors (Lipinski definition) is 2. The van der Waals surface area contributed by atoms with Crippen molar-refractivity contribution in [1.29, 1.82) is 0 Å². The number of nitrogens with one attached hydrogen (secondary N) is 2. The van der Waals surface area contributed by atoms with Crippen LogP contribution in [0.5, 0.6) is 5.75 Å². The van der Waals surface area contributed by atoms with E-state index in [2.05, 4.69) is 37.6 Å². The molecule has 7 nitrogen and oxygen atoms in total. The second-order valence-corrected chi connectivity index (χ2v) is 7.57. The molecule has 7 heteroatoms. The molecule has 0 bridgehead atoms. The van der Waals surface area contributed by atoms with E-state index in [1.165, 1.54) is 5.69 Å². The van der Waals surface area contributed by atoms with Crippen LogP contribution in [0.2, 0.25) is 0 Å². The zero-order chi connectivity index (χ0) is 22.1. The number of hydrogen-bond acceptors (Lipinski definition) is 4. The third kappa shape index (κ3) is 6.38. The molecule has 2 N–H and O–H groups in total. The van der Waals surface area contributed by atoms with E-state index in [0.717, 1.165) is 55.6 Å². The molecule has 1 heterocycles. The lowest BCUT2D eigenvalue weighted by molar-refractivity contribution is -0.116. The number of carbonyl (C=O) groups excluding carboxylic acids is 1. The first kappa shape index (κ1) is 22.5. The fourth-order valence-electron chi connectivity index (χ4n) is 3.65. The Morgan fingerprint density at radius 3 is 2.48 bits per heavy atom. The third-order valence-electron chi connectivity index (χ3n) is 5.37. The summed E-state index contributed by atoms with van der Waals surface area (Å²) in [6, 6.07) is 16.2. The number of nitrogens with zero attached hydrogens (tertiary/aromatic N) is 3. The zero-order valence-corrected chi connectivity index (χ0v) is 18.7. The van der Waals surface area contributed by atoms with Crippen molar-refractivity contribution in [3.63, 3.8) is 0 Å². The Morgan fingerprint density at radius 2 is 1.84 bits per heavy atom. The summed E-state index contributed by atoms with van der Waals surface area (Å²) < 4.78 is 5.35. The van der Waals surface area contributed by atoms with Gasteiger partial charge in [0.2, 0.25) is 5.91 Å². The Kier molecular flexibility index (Phi) is 8.15. The molecule has 0 saturated carbocycles. The van der Waals surface area contributed by atoms with Crippen LogP contribution in [0, 0.1) is 0 Å². The highest BCUT2D eigenvalue weighted by atomic mass is 16.5. The summed E-state index contributed by atoms with van der Waals surface area (Å²) >= 11 is 0. The number of anilines is 2. The van der Waals surface area contributed by atoms with Crippen molar-refractivity contribution in [3.8, 4) is 5.75 Å². The van der Waals surface area contributed by atoms with E-state index >= 15 is 0 Å². The largest absolute Gasteiger partial charge is 0.497 e. The van der Waals surface area contributed by atoms with Crippen molar-refractivity contribution in [3.05, 3.63) is 54.1 Å². The van der Waals surface area contributed by atoms with E-state index < -0.39 is 0 Å². The van der Waals surface area contributed by atoms with Crippen LogP contribution in [0.15, 0.2) is 53.5 Å². The Bertz CT molecular complexity index is 874. The SMILES string of the molecule is CCCC(=O)Nc1ccc(CNC(=NC)N2CCN(c3cccc(OC)c3)CC2)cc1. The summed E-state index contributed by atoms with van der Waals surface area (Å²) in [4.78, 5) is 20.8. The van der Waals surface area contributed by atoms with Gasteiger partial charge in [0.25, 0.3) is 0 Å². The number of piperazine rings is 1. The average Bonchev–Trinajstić information content (AvgIpc) is 2.81. The number of rotatable bonds is 7. The minimum Gasteiger partial charge on any atom is -0.497 e. The number of carbonyl (C=O) groups is 1. The first-order chi connectivity index (χ1) is 15.1. The normalized spacial score (nSPS) is 14.4. The van der Waals surface area contributed by atoms with Gasteiger partial charge in [0, 0.05) is 63.6 Å². The molecule has 3 rings (SSSR count). The van der Waals surface area contributed by atoms with Gasteiger partial charge in [-0.3, -0.25) is 9.79 Å². The van der Waals surface area contributed by atoms with Gasteiger partial charge in [-0.25, -0.2) is 0 Å². The Labute approximate surface area is 185 Å². The Balaban J connectivity index is 1.49. The van der Waals surface area contributed by atoms with E-state index in [-0.39, 0.29) is 5.91 Å². The smallest absolute Gasteiger partial charge is 0.224 e. The van der Waals surface area contributed by atoms with Gasteiger partial charge in [-0.15, -0.1) is 0 Å². The van der Waals surface area contributed by atoms with Crippen molar-refractivity contribution < 1.29 is 9.53 Å². The third-order valence-corrected chi connectivity index (χ3v) is 5.37. The maximum Gasteiger partial charge on any atom is 0.224 e. The van der Waals surface area contributed by atoms with E-state index in [4.69, 9.17) is 4.74 Å². The fraction of sp³-hybridized carbons (Fsp3) is 0.417. The molecule has 2 aromatic rings. The topological polar surface area (TPSA) is 69.2 Å². The summed E-state index contributed by atoms with van der Waals surface area (Å²) in [5.41, 5.74) is 3.16. The molecule has 1 fully saturated rings. The van der Waals surface area contributed by atoms with Gasteiger partial charge in [0.1, 0.15) is 5.75 Å². The highest BCUT2D eigenvalue weighted by Gasteiger charge is 2.20. The summed E-state index contributed by atoms with van der Waals surface area (Å²) in [5.74, 6) is 1.85. The maximum atomic E-state index is 11.7. The molecule has 166 valence electrons. The minimum absolute atomic E-state index is 0.0573. The van der Waals surface area contributed by atoms with Crippen molar-refractivity contribution in [1.82, 2.24) is 10.2 Å². The second-order valence-electron chi connectivity index (χ2n) is 7.57. The standard InChI is InChI=1S/C24H33N5O2/c1-4-6-23(30)27-20-11-9-19(10-12-20)18-26-24(25-2)29-15-13-28(14-16-29)21-7-5-8-22(17-21)31-3/h5,7-12,17H,4,6,13-16,18H2,1-3H3,(H,25,26)(H,27,30). The van der Waals surface area contributed by atoms with Crippen molar-refractivity contribution in [2.75, 3.05) is 50.6 Å². The lowest BCUT2D eigenvalue weighted by Gasteiger charge is -2.37. The Hall–Kier alpha value is -3.22. The van der Waals surface area contributed by atoms with Crippen molar-refractivity contribution in [2.24, 2.45) is 4.99 Å². The molecule has 0 spiro atoms. The minimum atomic E-state index is 0.0573. The molecule has 0 atom stereocenters. The number of guanidine groups is 1. The summed E-state index contributed by atoms with van der Waals surface area (Å²) in [6.45, 7) is 6.35. The highest BCUT2D eigenvalue weighted by Crippen LogP contribution is 2.22. The molecule has 1 saturated heterocycles. The van der Waals surface area contributed by atoms with Crippen LogP contribution in [0.1, 0.15) is 25.3 Å². The van der Waals surface area contributed by atoms with Crippen LogP contribution in [0.4, 0.5) is 11.4 Å². The number of amides is 1. The lowest BCUT2D eigenvalue weighted by Crippen LogP contribution is -2.52. The molecule has 0 unspecified atom stereocenters. The van der Waals surface area contributed by atoms with Crippen LogP contribution < -0.4 is 20.3 Å². The Morgan fingerprint density at radius 1 is 1.10 bits per heavy atom. The van der Waals surface area contributed by atoms with Gasteiger partial charge < -0.3 is 25.2 Å². The van der Waals surface area contributed by atoms with Crippen LogP contribution in [-0.4, -0.2) is 57.1 Å². The van der Waals surface area contributed by atoms with Crippen LogP contribution in [0.3, 0.4) is 0 Å². The average molecular weight is 424 g/mol. The van der Waals surface area contributed by atoms with Gasteiger partial charge in [0.05, 0.1) is 7.11 Å². The van der Waals surface area contributed by atoms with E-state index in [1.54, 1.807) is 7.11 Å². The van der Waals surface area contributed by atoms with Gasteiger partial charge in [-0.1, -0.05) is 25.1 Å². The summed E-state index contributed by atoms with van der Waals surface area (Å²) in [7, 11) is 3.52. The van der Waals surface area contributed by atoms with Gasteiger partial charge in [-0.05, 0) is 36.2 Å². The quantitative estimate of drug-likeness (QED) is 0.528. The van der Waals surface area contributed by atoms with Gasteiger partial charge in [0.15, 0.2) is 5.96 Å². The summed E-state index contributed by atoms with van der Waals surface area (Å²) in [5, 5.41) is 6.38. The van der Waals surface area contributed by atoms with E-state index in [1.807, 2.05) is 50.4 Å². The molecule has 1 amide bonds. The highest BCUT2D eigenvalue weighted by molar-refractivity contribution is 5.90. The number of methoxy groups -OCH3 is 1. The predicted molar refractivity (Wildman–Crippen MR) is 127 cm³/mol. The van der Waals surface area contributed by atoms with Crippen LogP contribution >= 0.6 is 0 Å². The zero-order valence-electron chi connectivity index (χ0n) is 18.7. The first-order valence-corrected chi connectivity index (χ1v) is 10.9. The van der Waals surface area contributed by atoms with Crippen molar-refractivity contribution in [2.45, 2.75) is 26.3 Å². The van der Waals surface area contributed by atoms with Crippen molar-refractivity contribution >= 4 is 23.2 Å².